The van der Waals surface area contributed by atoms with E-state index in [0.717, 1.165) is 0 Å². The molecule has 5 aromatic rings. The number of carbonyl (C=O) groups excluding carboxylic acids is 4. The van der Waals surface area contributed by atoms with Gasteiger partial charge >= 0.3 is 11.9 Å². The van der Waals surface area contributed by atoms with Crippen molar-refractivity contribution in [3.8, 4) is 0 Å². The summed E-state index contributed by atoms with van der Waals surface area (Å²) in [5.74, 6) is -6.30. The van der Waals surface area contributed by atoms with E-state index in [4.69, 9.17) is 46.4 Å². The molecule has 7 rings (SSSR count). The fourth-order valence-corrected chi connectivity index (χ4v) is 7.31. The van der Waals surface area contributed by atoms with Gasteiger partial charge in [-0.1, -0.05) is 46.4 Å². The molecule has 0 saturated heterocycles. The number of carboxylic acids is 2. The lowest BCUT2D eigenvalue weighted by Crippen LogP contribution is -2.43. The van der Waals surface area contributed by atoms with Crippen LogP contribution in [0.25, 0.3) is 43.1 Å². The van der Waals surface area contributed by atoms with E-state index in [1.165, 1.54) is 24.3 Å². The molecule has 0 aromatic heterocycles. The van der Waals surface area contributed by atoms with Crippen LogP contribution in [0.5, 0.6) is 0 Å². The molecule has 42 heavy (non-hydrogen) atoms. The third-order valence-corrected chi connectivity index (χ3v) is 8.80. The number of halogens is 4. The molecule has 4 amide bonds. The van der Waals surface area contributed by atoms with Crippen molar-refractivity contribution in [3.05, 3.63) is 66.6 Å². The number of amides is 4. The van der Waals surface area contributed by atoms with Crippen molar-refractivity contribution in [2.24, 2.45) is 0 Å². The number of carboxylic acid groups (broad SMARTS) is 2. The molecule has 0 bridgehead atoms. The number of nitrogens with zero attached hydrogens (tertiary/aromatic N) is 2. The largest absolute Gasteiger partial charge is 0.480 e. The van der Waals surface area contributed by atoms with Crippen molar-refractivity contribution in [1.29, 1.82) is 0 Å². The summed E-state index contributed by atoms with van der Waals surface area (Å²) in [6.07, 6.45) is 0. The Hall–Kier alpha value is -4.22. The normalized spacial score (nSPS) is 14.9. The molecule has 0 spiro atoms. The van der Waals surface area contributed by atoms with Gasteiger partial charge in [-0.3, -0.25) is 38.6 Å². The summed E-state index contributed by atoms with van der Waals surface area (Å²) in [7, 11) is 0. The molecule has 14 heteroatoms. The van der Waals surface area contributed by atoms with Gasteiger partial charge < -0.3 is 10.2 Å². The van der Waals surface area contributed by atoms with Gasteiger partial charge in [0.25, 0.3) is 23.6 Å². The van der Waals surface area contributed by atoms with Crippen molar-refractivity contribution in [2.75, 3.05) is 13.1 Å². The van der Waals surface area contributed by atoms with Crippen LogP contribution in [0.15, 0.2) is 24.3 Å². The first kappa shape index (κ1) is 26.7. The Balaban J connectivity index is 1.71. The molecule has 2 aliphatic rings. The highest BCUT2D eigenvalue weighted by Gasteiger charge is 2.40. The van der Waals surface area contributed by atoms with Crippen molar-refractivity contribution < 1.29 is 39.0 Å². The molecular weight excluding hydrogens is 634 g/mol. The molecule has 0 unspecified atom stereocenters. The lowest BCUT2D eigenvalue weighted by Gasteiger charge is -2.30. The summed E-state index contributed by atoms with van der Waals surface area (Å²) >= 11 is 27.2. The Morgan fingerprint density at radius 3 is 0.929 bits per heavy atom. The van der Waals surface area contributed by atoms with Crippen molar-refractivity contribution in [2.45, 2.75) is 0 Å². The maximum Gasteiger partial charge on any atom is 0.323 e. The van der Waals surface area contributed by atoms with Gasteiger partial charge in [-0.2, -0.15) is 0 Å². The first-order valence-corrected chi connectivity index (χ1v) is 13.5. The van der Waals surface area contributed by atoms with E-state index >= 15 is 0 Å². The quantitative estimate of drug-likeness (QED) is 0.144. The number of hydrogen-bond acceptors (Lipinski definition) is 6. The second kappa shape index (κ2) is 8.65. The van der Waals surface area contributed by atoms with Gasteiger partial charge in [0.2, 0.25) is 0 Å². The zero-order valence-electron chi connectivity index (χ0n) is 20.5. The number of rotatable bonds is 4. The minimum absolute atomic E-state index is 0.00437. The third kappa shape index (κ3) is 3.23. The summed E-state index contributed by atoms with van der Waals surface area (Å²) in [5.41, 5.74) is -0.154. The van der Waals surface area contributed by atoms with Crippen LogP contribution in [-0.2, 0) is 9.59 Å². The van der Waals surface area contributed by atoms with Crippen LogP contribution in [0.1, 0.15) is 41.4 Å². The van der Waals surface area contributed by atoms with Crippen LogP contribution in [0.2, 0.25) is 20.1 Å². The zero-order chi connectivity index (χ0) is 30.1. The lowest BCUT2D eigenvalue weighted by molar-refractivity contribution is -0.138. The molecule has 5 aromatic carbocycles. The average molecular weight is 644 g/mol. The Kier molecular flexibility index (Phi) is 5.49. The smallest absolute Gasteiger partial charge is 0.323 e. The van der Waals surface area contributed by atoms with Gasteiger partial charge in [0.15, 0.2) is 0 Å². The lowest BCUT2D eigenvalue weighted by atomic mass is 9.82. The molecule has 2 N–H and O–H groups in total. The molecule has 208 valence electrons. The van der Waals surface area contributed by atoms with E-state index in [1.807, 2.05) is 0 Å². The Morgan fingerprint density at radius 2 is 0.714 bits per heavy atom. The third-order valence-electron chi connectivity index (χ3n) is 7.61. The fourth-order valence-electron chi connectivity index (χ4n) is 6.12. The summed E-state index contributed by atoms with van der Waals surface area (Å²) in [6, 6.07) is 5.20. The number of fused-ring (bicyclic) bond motifs is 2. The van der Waals surface area contributed by atoms with Gasteiger partial charge in [-0.15, -0.1) is 0 Å². The van der Waals surface area contributed by atoms with Crippen LogP contribution in [0.4, 0.5) is 0 Å². The first-order chi connectivity index (χ1) is 19.8. The summed E-state index contributed by atoms with van der Waals surface area (Å²) < 4.78 is 0. The zero-order valence-corrected chi connectivity index (χ0v) is 23.5. The minimum atomic E-state index is -1.40. The topological polar surface area (TPSA) is 149 Å². The SMILES string of the molecule is O=C(O)CN1C(=O)c2cc(Cl)c3c4c(Cl)cc5c6c(cc(Cl)c(c7c(Cl)cc(c2c37)C1=O)c64)C(=O)N(CC(=O)O)C5=O. The molecule has 0 aliphatic carbocycles. The average Bonchev–Trinajstić information content (AvgIpc) is 2.92. The standard InChI is InChI=1S/C28H10Cl4N2O8/c29-11-1-7-17-8(26(40)33(25(7)39)5-15(35)36)2-13(31)21-22-14(32)4-10-18-9(27(41)34(28(10)42)6-16(37)38)3-12(30)20(24(18)22)19(11)23(17)21/h1-4H,5-6H2,(H,35,36)(H,37,38). The Labute approximate surface area is 252 Å². The Morgan fingerprint density at radius 1 is 0.476 bits per heavy atom. The van der Waals surface area contributed by atoms with Crippen LogP contribution >= 0.6 is 46.4 Å². The number of aliphatic carboxylic acids is 2. The van der Waals surface area contributed by atoms with Crippen molar-refractivity contribution in [3.63, 3.8) is 0 Å². The molecule has 0 fully saturated rings. The second-order valence-corrected chi connectivity index (χ2v) is 11.4. The molecular formula is C28H10Cl4N2O8. The molecule has 2 heterocycles. The highest BCUT2D eigenvalue weighted by molar-refractivity contribution is 6.56. The van der Waals surface area contributed by atoms with Crippen molar-refractivity contribution in [1.82, 2.24) is 9.80 Å². The van der Waals surface area contributed by atoms with Crippen LogP contribution in [-0.4, -0.2) is 68.7 Å². The van der Waals surface area contributed by atoms with Gasteiger partial charge in [0.05, 0.1) is 22.3 Å². The van der Waals surface area contributed by atoms with Gasteiger partial charge in [0, 0.05) is 63.2 Å². The molecule has 0 atom stereocenters. The summed E-state index contributed by atoms with van der Waals surface area (Å²) in [5, 5.41) is 20.5. The molecule has 10 nitrogen and oxygen atoms in total. The van der Waals surface area contributed by atoms with E-state index in [2.05, 4.69) is 0 Å². The predicted molar refractivity (Wildman–Crippen MR) is 154 cm³/mol. The molecule has 0 saturated carbocycles. The highest BCUT2D eigenvalue weighted by atomic mass is 35.5. The van der Waals surface area contributed by atoms with Crippen LogP contribution < -0.4 is 0 Å². The molecule has 0 radical (unpaired) electrons. The van der Waals surface area contributed by atoms with E-state index in [1.54, 1.807) is 0 Å². The van der Waals surface area contributed by atoms with Gasteiger partial charge in [-0.25, -0.2) is 0 Å². The van der Waals surface area contributed by atoms with E-state index in [0.29, 0.717) is 9.80 Å². The van der Waals surface area contributed by atoms with Crippen LogP contribution in [0, 0.1) is 0 Å². The maximum atomic E-state index is 13.4. The highest BCUT2D eigenvalue weighted by Crippen LogP contribution is 2.53. The summed E-state index contributed by atoms with van der Waals surface area (Å²) in [4.78, 5) is 77.5. The van der Waals surface area contributed by atoms with E-state index in [-0.39, 0.29) is 85.4 Å². The van der Waals surface area contributed by atoms with Crippen molar-refractivity contribution >= 4 is 125 Å². The number of benzene rings is 5. The summed E-state index contributed by atoms with van der Waals surface area (Å²) in [6.45, 7) is -1.77. The van der Waals surface area contributed by atoms with Crippen LogP contribution in [0.3, 0.4) is 0 Å². The number of hydrogen-bond donors (Lipinski definition) is 2. The predicted octanol–water partition coefficient (Wildman–Crippen LogP) is 5.71. The number of imide groups is 2. The first-order valence-electron chi connectivity index (χ1n) is 12.0. The maximum absolute atomic E-state index is 13.4. The van der Waals surface area contributed by atoms with E-state index < -0.39 is 48.7 Å². The van der Waals surface area contributed by atoms with Gasteiger partial charge in [-0.05, 0) is 24.3 Å². The second-order valence-electron chi connectivity index (χ2n) is 9.80. The van der Waals surface area contributed by atoms with E-state index in [9.17, 15) is 39.0 Å². The monoisotopic (exact) mass is 642 g/mol. The minimum Gasteiger partial charge on any atom is -0.480 e. The number of carbonyl (C=O) groups is 6. The molecule has 2 aliphatic heterocycles. The fraction of sp³-hybridized carbons (Fsp3) is 0.0714. The Bertz CT molecular complexity index is 1960. The van der Waals surface area contributed by atoms with Gasteiger partial charge in [0.1, 0.15) is 13.1 Å².